The van der Waals surface area contributed by atoms with Crippen LogP contribution in [0.5, 0.6) is 0 Å². The largest absolute Gasteiger partial charge is 0.480 e. The fraction of sp³-hybridized carbons (Fsp3) is 0.533. The molecule has 4 heteroatoms. The van der Waals surface area contributed by atoms with Crippen LogP contribution in [0.4, 0.5) is 5.69 Å². The van der Waals surface area contributed by atoms with E-state index in [1.54, 1.807) is 0 Å². The van der Waals surface area contributed by atoms with Crippen LogP contribution in [0, 0.1) is 0 Å². The van der Waals surface area contributed by atoms with E-state index in [9.17, 15) is 4.79 Å². The Balaban J connectivity index is 2.89. The first-order valence-electron chi connectivity index (χ1n) is 6.57. The van der Waals surface area contributed by atoms with Gasteiger partial charge in [-0.05, 0) is 38.5 Å². The van der Waals surface area contributed by atoms with E-state index in [0.29, 0.717) is 0 Å². The molecule has 0 saturated carbocycles. The zero-order valence-corrected chi connectivity index (χ0v) is 12.4. The molecular weight excluding hydrogens is 240 g/mol. The number of carboxylic acid groups (broad SMARTS) is 1. The molecule has 1 unspecified atom stereocenters. The monoisotopic (exact) mass is 264 g/mol. The minimum absolute atomic E-state index is 0.0638. The minimum atomic E-state index is -0.787. The average Bonchev–Trinajstić information content (AvgIpc) is 2.34. The van der Waals surface area contributed by atoms with E-state index in [2.05, 4.69) is 24.3 Å². The van der Waals surface area contributed by atoms with Gasteiger partial charge in [0.25, 0.3) is 0 Å². The van der Waals surface area contributed by atoms with Crippen molar-refractivity contribution in [3.05, 3.63) is 29.8 Å². The summed E-state index contributed by atoms with van der Waals surface area (Å²) in [5, 5.41) is 9.00. The van der Waals surface area contributed by atoms with Crippen LogP contribution < -0.4 is 4.90 Å². The maximum Gasteiger partial charge on any atom is 0.317 e. The highest BCUT2D eigenvalue weighted by molar-refractivity contribution is 5.69. The number of rotatable bonds is 6. The van der Waals surface area contributed by atoms with E-state index in [4.69, 9.17) is 5.11 Å². The van der Waals surface area contributed by atoms with Gasteiger partial charge in [-0.3, -0.25) is 9.69 Å². The van der Waals surface area contributed by atoms with Crippen molar-refractivity contribution in [2.75, 3.05) is 25.5 Å². The lowest BCUT2D eigenvalue weighted by Gasteiger charge is -2.31. The molecule has 1 N–H and O–H groups in total. The van der Waals surface area contributed by atoms with Gasteiger partial charge in [-0.2, -0.15) is 0 Å². The summed E-state index contributed by atoms with van der Waals surface area (Å²) in [4.78, 5) is 15.0. The Kier molecular flexibility index (Phi) is 5.36. The minimum Gasteiger partial charge on any atom is -0.480 e. The summed E-state index contributed by atoms with van der Waals surface area (Å²) >= 11 is 0. The van der Waals surface area contributed by atoms with E-state index in [0.717, 1.165) is 11.3 Å². The average molecular weight is 264 g/mol. The van der Waals surface area contributed by atoms with Gasteiger partial charge in [-0.25, -0.2) is 0 Å². The van der Waals surface area contributed by atoms with Gasteiger partial charge in [-0.1, -0.05) is 12.1 Å². The molecule has 0 bridgehead atoms. The summed E-state index contributed by atoms with van der Waals surface area (Å²) in [7, 11) is 4.01. The van der Waals surface area contributed by atoms with E-state index >= 15 is 0 Å². The topological polar surface area (TPSA) is 43.8 Å². The molecule has 4 nitrogen and oxygen atoms in total. The number of carbonyl (C=O) groups is 1. The Morgan fingerprint density at radius 3 is 2.05 bits per heavy atom. The summed E-state index contributed by atoms with van der Waals surface area (Å²) in [6, 6.07) is 8.54. The second-order valence-electron chi connectivity index (χ2n) is 5.32. The van der Waals surface area contributed by atoms with Gasteiger partial charge in [0.2, 0.25) is 0 Å². The molecule has 0 saturated heterocycles. The maximum absolute atomic E-state index is 10.9. The molecule has 106 valence electrons. The molecule has 19 heavy (non-hydrogen) atoms. The van der Waals surface area contributed by atoms with Gasteiger partial charge in [0, 0.05) is 31.9 Å². The van der Waals surface area contributed by atoms with Crippen LogP contribution in [0.15, 0.2) is 24.3 Å². The van der Waals surface area contributed by atoms with Crippen molar-refractivity contribution in [1.29, 1.82) is 0 Å². The Morgan fingerprint density at radius 2 is 1.68 bits per heavy atom. The van der Waals surface area contributed by atoms with Crippen molar-refractivity contribution in [2.24, 2.45) is 0 Å². The highest BCUT2D eigenvalue weighted by atomic mass is 16.4. The second kappa shape index (κ2) is 6.57. The molecule has 0 aromatic heterocycles. The summed E-state index contributed by atoms with van der Waals surface area (Å²) in [6.45, 7) is 6.16. The Hall–Kier alpha value is -1.55. The lowest BCUT2D eigenvalue weighted by Crippen LogP contribution is -2.37. The standard InChI is InChI=1S/C15H24N2O2/c1-11(2)17(10-15(18)19)12(3)13-6-8-14(9-7-13)16(4)5/h6-9,11-12H,10H2,1-5H3,(H,18,19). The van der Waals surface area contributed by atoms with Crippen molar-refractivity contribution in [3.63, 3.8) is 0 Å². The van der Waals surface area contributed by atoms with Gasteiger partial charge < -0.3 is 10.0 Å². The van der Waals surface area contributed by atoms with Crippen LogP contribution in [0.25, 0.3) is 0 Å². The fourth-order valence-electron chi connectivity index (χ4n) is 2.17. The van der Waals surface area contributed by atoms with Crippen LogP contribution in [0.1, 0.15) is 32.4 Å². The predicted octanol–water partition coefficient (Wildman–Crippen LogP) is 2.61. The normalized spacial score (nSPS) is 12.8. The van der Waals surface area contributed by atoms with E-state index in [1.807, 2.05) is 44.7 Å². The molecular formula is C15H24N2O2. The Morgan fingerprint density at radius 1 is 1.16 bits per heavy atom. The molecule has 0 heterocycles. The summed E-state index contributed by atoms with van der Waals surface area (Å²) < 4.78 is 0. The van der Waals surface area contributed by atoms with Crippen LogP contribution in [0.2, 0.25) is 0 Å². The van der Waals surface area contributed by atoms with Crippen molar-refractivity contribution in [1.82, 2.24) is 4.90 Å². The highest BCUT2D eigenvalue weighted by Gasteiger charge is 2.21. The molecule has 1 aromatic rings. The highest BCUT2D eigenvalue weighted by Crippen LogP contribution is 2.24. The van der Waals surface area contributed by atoms with Crippen molar-refractivity contribution >= 4 is 11.7 Å². The zero-order chi connectivity index (χ0) is 14.6. The van der Waals surface area contributed by atoms with Crippen molar-refractivity contribution < 1.29 is 9.90 Å². The number of benzene rings is 1. The summed E-state index contributed by atoms with van der Waals surface area (Å²) in [6.07, 6.45) is 0. The second-order valence-corrected chi connectivity index (χ2v) is 5.32. The smallest absolute Gasteiger partial charge is 0.317 e. The molecule has 0 spiro atoms. The third-order valence-electron chi connectivity index (χ3n) is 3.37. The lowest BCUT2D eigenvalue weighted by atomic mass is 10.0. The third kappa shape index (κ3) is 4.24. The number of aliphatic carboxylic acids is 1. The van der Waals surface area contributed by atoms with Gasteiger partial charge in [0.1, 0.15) is 0 Å². The molecule has 0 amide bonds. The number of nitrogens with zero attached hydrogens (tertiary/aromatic N) is 2. The van der Waals surface area contributed by atoms with Crippen LogP contribution in [-0.2, 0) is 4.79 Å². The molecule has 0 fully saturated rings. The summed E-state index contributed by atoms with van der Waals surface area (Å²) in [5.41, 5.74) is 2.28. The van der Waals surface area contributed by atoms with Crippen LogP contribution in [-0.4, -0.2) is 42.7 Å². The summed E-state index contributed by atoms with van der Waals surface area (Å²) in [5.74, 6) is -0.787. The van der Waals surface area contributed by atoms with E-state index < -0.39 is 5.97 Å². The quantitative estimate of drug-likeness (QED) is 0.857. The predicted molar refractivity (Wildman–Crippen MR) is 78.7 cm³/mol. The van der Waals surface area contributed by atoms with Gasteiger partial charge in [-0.15, -0.1) is 0 Å². The van der Waals surface area contributed by atoms with E-state index in [-0.39, 0.29) is 18.6 Å². The molecule has 1 atom stereocenters. The molecule has 1 rings (SSSR count). The SMILES string of the molecule is CC(C)N(CC(=O)O)C(C)c1ccc(N(C)C)cc1. The van der Waals surface area contributed by atoms with Crippen LogP contribution >= 0.6 is 0 Å². The van der Waals surface area contributed by atoms with Crippen molar-refractivity contribution in [2.45, 2.75) is 32.9 Å². The number of carboxylic acids is 1. The zero-order valence-electron chi connectivity index (χ0n) is 12.4. The maximum atomic E-state index is 10.9. The molecule has 0 aliphatic heterocycles. The van der Waals surface area contributed by atoms with E-state index in [1.165, 1.54) is 0 Å². The molecule has 0 aliphatic carbocycles. The van der Waals surface area contributed by atoms with Crippen molar-refractivity contribution in [3.8, 4) is 0 Å². The number of hydrogen-bond donors (Lipinski definition) is 1. The van der Waals surface area contributed by atoms with Gasteiger partial charge >= 0.3 is 5.97 Å². The third-order valence-corrected chi connectivity index (χ3v) is 3.37. The lowest BCUT2D eigenvalue weighted by molar-refractivity contribution is -0.139. The first kappa shape index (κ1) is 15.5. The van der Waals surface area contributed by atoms with Gasteiger partial charge in [0.15, 0.2) is 0 Å². The Bertz CT molecular complexity index is 413. The molecule has 0 radical (unpaired) electrons. The van der Waals surface area contributed by atoms with Crippen LogP contribution in [0.3, 0.4) is 0 Å². The number of hydrogen-bond acceptors (Lipinski definition) is 3. The number of anilines is 1. The fourth-order valence-corrected chi connectivity index (χ4v) is 2.17. The van der Waals surface area contributed by atoms with Gasteiger partial charge in [0.05, 0.1) is 6.54 Å². The Labute approximate surface area is 115 Å². The first-order valence-corrected chi connectivity index (χ1v) is 6.57. The molecule has 1 aromatic carbocycles. The first-order chi connectivity index (χ1) is 8.82. The molecule has 0 aliphatic rings.